The van der Waals surface area contributed by atoms with Gasteiger partial charge in [-0.2, -0.15) is 0 Å². The highest BCUT2D eigenvalue weighted by Gasteiger charge is 2.11. The number of aryl methyl sites for hydroxylation is 1. The van der Waals surface area contributed by atoms with Crippen LogP contribution in [0.15, 0.2) is 29.4 Å². The van der Waals surface area contributed by atoms with Crippen LogP contribution in [0.1, 0.15) is 38.1 Å². The maximum Gasteiger partial charge on any atom is 0.234 e. The number of nitrogen functional groups attached to an aromatic ring is 1. The molecule has 0 radical (unpaired) electrons. The Bertz CT molecular complexity index is 636. The molecule has 0 saturated carbocycles. The summed E-state index contributed by atoms with van der Waals surface area (Å²) in [6, 6.07) is 7.88. The van der Waals surface area contributed by atoms with Crippen LogP contribution in [0.5, 0.6) is 0 Å². The number of aromatic nitrogens is 3. The monoisotopic (exact) mass is 319 g/mol. The van der Waals surface area contributed by atoms with Crippen molar-refractivity contribution in [1.29, 1.82) is 0 Å². The smallest absolute Gasteiger partial charge is 0.234 e. The Morgan fingerprint density at radius 3 is 2.55 bits per heavy atom. The van der Waals surface area contributed by atoms with Crippen LogP contribution < -0.4 is 11.2 Å². The standard InChI is InChI=1S/C15H21N5OS/c1-4-13-18-19-15(20(13)16)22-9-14(21)17-12-7-5-11(6-8-12)10(2)3/h5-8,10H,4,9,16H2,1-3H3,(H,17,21). The van der Waals surface area contributed by atoms with Crippen molar-refractivity contribution in [1.82, 2.24) is 14.9 Å². The van der Waals surface area contributed by atoms with Gasteiger partial charge in [0, 0.05) is 12.1 Å². The van der Waals surface area contributed by atoms with E-state index in [2.05, 4.69) is 29.4 Å². The van der Waals surface area contributed by atoms with Gasteiger partial charge in [-0.3, -0.25) is 4.79 Å². The third kappa shape index (κ3) is 4.00. The molecule has 7 heteroatoms. The minimum Gasteiger partial charge on any atom is -0.336 e. The largest absolute Gasteiger partial charge is 0.336 e. The highest BCUT2D eigenvalue weighted by atomic mass is 32.2. The van der Waals surface area contributed by atoms with E-state index in [4.69, 9.17) is 5.84 Å². The van der Waals surface area contributed by atoms with Gasteiger partial charge in [0.05, 0.1) is 5.75 Å². The average Bonchev–Trinajstić information content (AvgIpc) is 2.86. The molecular weight excluding hydrogens is 298 g/mol. The summed E-state index contributed by atoms with van der Waals surface area (Å²) in [6.45, 7) is 6.23. The van der Waals surface area contributed by atoms with Crippen LogP contribution in [-0.4, -0.2) is 26.5 Å². The van der Waals surface area contributed by atoms with Crippen molar-refractivity contribution in [2.45, 2.75) is 38.3 Å². The maximum absolute atomic E-state index is 12.0. The van der Waals surface area contributed by atoms with Gasteiger partial charge in [-0.15, -0.1) is 10.2 Å². The second kappa shape index (κ2) is 7.31. The summed E-state index contributed by atoms with van der Waals surface area (Å²) in [5.74, 6) is 7.16. The summed E-state index contributed by atoms with van der Waals surface area (Å²) < 4.78 is 1.43. The summed E-state index contributed by atoms with van der Waals surface area (Å²) in [6.07, 6.45) is 0.707. The molecule has 0 saturated heterocycles. The Morgan fingerprint density at radius 1 is 1.32 bits per heavy atom. The summed E-state index contributed by atoms with van der Waals surface area (Å²) in [5, 5.41) is 11.3. The molecule has 2 aromatic rings. The SMILES string of the molecule is CCc1nnc(SCC(=O)Nc2ccc(C(C)C)cc2)n1N. The van der Waals surface area contributed by atoms with Crippen LogP contribution in [0.3, 0.4) is 0 Å². The van der Waals surface area contributed by atoms with Crippen molar-refractivity contribution in [3.63, 3.8) is 0 Å². The lowest BCUT2D eigenvalue weighted by Gasteiger charge is -2.08. The fourth-order valence-electron chi connectivity index (χ4n) is 1.93. The molecule has 0 unspecified atom stereocenters. The number of amides is 1. The first-order chi connectivity index (χ1) is 10.5. The highest BCUT2D eigenvalue weighted by molar-refractivity contribution is 7.99. The summed E-state index contributed by atoms with van der Waals surface area (Å²) >= 11 is 1.27. The first-order valence-corrected chi connectivity index (χ1v) is 8.21. The van der Waals surface area contributed by atoms with Crippen molar-refractivity contribution >= 4 is 23.4 Å². The number of thioether (sulfide) groups is 1. The molecule has 0 bridgehead atoms. The number of nitrogens with two attached hydrogens (primary N) is 1. The van der Waals surface area contributed by atoms with Gasteiger partial charge >= 0.3 is 0 Å². The average molecular weight is 319 g/mol. The fraction of sp³-hybridized carbons (Fsp3) is 0.400. The van der Waals surface area contributed by atoms with E-state index in [9.17, 15) is 4.79 Å². The number of anilines is 1. The van der Waals surface area contributed by atoms with Gasteiger partial charge < -0.3 is 11.2 Å². The van der Waals surface area contributed by atoms with E-state index in [1.165, 1.54) is 22.0 Å². The van der Waals surface area contributed by atoms with Crippen LogP contribution in [0, 0.1) is 0 Å². The number of nitrogens with one attached hydrogen (secondary N) is 1. The molecule has 0 aliphatic carbocycles. The fourth-order valence-corrected chi connectivity index (χ4v) is 2.60. The predicted octanol–water partition coefficient (Wildman–Crippen LogP) is 2.41. The number of carbonyl (C=O) groups excluding carboxylic acids is 1. The molecular formula is C15H21N5OS. The van der Waals surface area contributed by atoms with Crippen LogP contribution in [0.25, 0.3) is 0 Å². The second-order valence-electron chi connectivity index (χ2n) is 5.24. The van der Waals surface area contributed by atoms with Crippen molar-refractivity contribution in [3.05, 3.63) is 35.7 Å². The second-order valence-corrected chi connectivity index (χ2v) is 6.18. The van der Waals surface area contributed by atoms with Crippen LogP contribution in [0.4, 0.5) is 5.69 Å². The van der Waals surface area contributed by atoms with Gasteiger partial charge in [0.25, 0.3) is 0 Å². The van der Waals surface area contributed by atoms with Gasteiger partial charge in [-0.25, -0.2) is 4.68 Å². The zero-order chi connectivity index (χ0) is 16.1. The lowest BCUT2D eigenvalue weighted by atomic mass is 10.0. The van der Waals surface area contributed by atoms with Crippen molar-refractivity contribution < 1.29 is 4.79 Å². The van der Waals surface area contributed by atoms with Crippen molar-refractivity contribution in [3.8, 4) is 0 Å². The third-order valence-electron chi connectivity index (χ3n) is 3.24. The number of nitrogens with zero attached hydrogens (tertiary/aromatic N) is 3. The zero-order valence-corrected chi connectivity index (χ0v) is 13.9. The Hall–Kier alpha value is -2.02. The Labute approximate surface area is 134 Å². The molecule has 3 N–H and O–H groups in total. The van der Waals surface area contributed by atoms with E-state index in [1.807, 2.05) is 31.2 Å². The Balaban J connectivity index is 1.88. The number of hydrogen-bond acceptors (Lipinski definition) is 5. The molecule has 0 aliphatic rings. The minimum atomic E-state index is -0.0941. The topological polar surface area (TPSA) is 85.8 Å². The molecule has 1 aromatic heterocycles. The lowest BCUT2D eigenvalue weighted by molar-refractivity contribution is -0.113. The summed E-state index contributed by atoms with van der Waals surface area (Å²) in [7, 11) is 0. The molecule has 1 aromatic carbocycles. The summed E-state index contributed by atoms with van der Waals surface area (Å²) in [4.78, 5) is 12.0. The normalized spacial score (nSPS) is 10.9. The first kappa shape index (κ1) is 16.4. The molecule has 0 aliphatic heterocycles. The van der Waals surface area contributed by atoms with E-state index in [-0.39, 0.29) is 11.7 Å². The highest BCUT2D eigenvalue weighted by Crippen LogP contribution is 2.18. The third-order valence-corrected chi connectivity index (χ3v) is 4.19. The number of rotatable bonds is 6. The number of carbonyl (C=O) groups is 1. The van der Waals surface area contributed by atoms with Gasteiger partial charge in [0.2, 0.25) is 11.1 Å². The van der Waals surface area contributed by atoms with Crippen LogP contribution in [-0.2, 0) is 11.2 Å². The predicted molar refractivity (Wildman–Crippen MR) is 89.4 cm³/mol. The molecule has 0 atom stereocenters. The van der Waals surface area contributed by atoms with E-state index in [1.54, 1.807) is 0 Å². The van der Waals surface area contributed by atoms with E-state index in [0.29, 0.717) is 23.3 Å². The Kier molecular flexibility index (Phi) is 5.43. The molecule has 0 fully saturated rings. The van der Waals surface area contributed by atoms with Crippen LogP contribution in [0.2, 0.25) is 0 Å². The number of benzene rings is 1. The molecule has 1 amide bonds. The minimum absolute atomic E-state index is 0.0941. The molecule has 1 heterocycles. The molecule has 2 rings (SSSR count). The molecule has 0 spiro atoms. The van der Waals surface area contributed by atoms with Crippen LogP contribution >= 0.6 is 11.8 Å². The Morgan fingerprint density at radius 2 is 2.00 bits per heavy atom. The van der Waals surface area contributed by atoms with Gasteiger partial charge in [-0.1, -0.05) is 44.7 Å². The summed E-state index contributed by atoms with van der Waals surface area (Å²) in [5.41, 5.74) is 2.04. The van der Waals surface area contributed by atoms with E-state index in [0.717, 1.165) is 5.69 Å². The zero-order valence-electron chi connectivity index (χ0n) is 13.0. The van der Waals surface area contributed by atoms with Crippen molar-refractivity contribution in [2.75, 3.05) is 16.9 Å². The van der Waals surface area contributed by atoms with Gasteiger partial charge in [0.1, 0.15) is 0 Å². The van der Waals surface area contributed by atoms with E-state index >= 15 is 0 Å². The lowest BCUT2D eigenvalue weighted by Crippen LogP contribution is -2.17. The number of hydrogen-bond donors (Lipinski definition) is 2. The van der Waals surface area contributed by atoms with E-state index < -0.39 is 0 Å². The quantitative estimate of drug-likeness (QED) is 0.631. The molecule has 22 heavy (non-hydrogen) atoms. The van der Waals surface area contributed by atoms with Crippen molar-refractivity contribution in [2.24, 2.45) is 0 Å². The van der Waals surface area contributed by atoms with Gasteiger partial charge in [-0.05, 0) is 23.6 Å². The maximum atomic E-state index is 12.0. The molecule has 118 valence electrons. The van der Waals surface area contributed by atoms with Gasteiger partial charge in [0.15, 0.2) is 5.82 Å². The first-order valence-electron chi connectivity index (χ1n) is 7.23. The molecule has 6 nitrogen and oxygen atoms in total.